The molecule has 0 aromatic carbocycles. The lowest BCUT2D eigenvalue weighted by Gasteiger charge is -2.42. The summed E-state index contributed by atoms with van der Waals surface area (Å²) in [6, 6.07) is -0.348. The average Bonchev–Trinajstić information content (AvgIpc) is 2.31. The minimum absolute atomic E-state index is 0. The van der Waals surface area contributed by atoms with E-state index in [1.54, 1.807) is 0 Å². The van der Waals surface area contributed by atoms with Crippen molar-refractivity contribution in [3.8, 4) is 0 Å². The third-order valence-corrected chi connectivity index (χ3v) is 3.97. The van der Waals surface area contributed by atoms with Gasteiger partial charge >= 0.3 is 0 Å². The smallest absolute Gasteiger partial charge is 0.236 e. The summed E-state index contributed by atoms with van der Waals surface area (Å²) in [5.74, 6) is -0.000431. The minimum Gasteiger partial charge on any atom is -0.382 e. The molecule has 1 amide bonds. The number of amides is 1. The zero-order chi connectivity index (χ0) is 13.4. The second kappa shape index (κ2) is 9.56. The number of ether oxygens (including phenoxy) is 1. The molecule has 0 aromatic rings. The molecule has 1 fully saturated rings. The summed E-state index contributed by atoms with van der Waals surface area (Å²) in [4.78, 5) is 11.8. The van der Waals surface area contributed by atoms with Gasteiger partial charge in [0.05, 0.1) is 6.04 Å². The third kappa shape index (κ3) is 6.11. The first kappa shape index (κ1) is 18.7. The molecule has 4 nitrogen and oxygen atoms in total. The lowest BCUT2D eigenvalue weighted by atomic mass is 9.66. The summed E-state index contributed by atoms with van der Waals surface area (Å²) in [6.07, 6.45) is 6.42. The first-order chi connectivity index (χ1) is 8.63. The lowest BCUT2D eigenvalue weighted by molar-refractivity contribution is -0.123. The quantitative estimate of drug-likeness (QED) is 0.641. The van der Waals surface area contributed by atoms with Gasteiger partial charge in [-0.15, -0.1) is 12.4 Å². The summed E-state index contributed by atoms with van der Waals surface area (Å²) in [5.41, 5.74) is 6.08. The second-order valence-electron chi connectivity index (χ2n) is 5.41. The highest BCUT2D eigenvalue weighted by Crippen LogP contribution is 2.43. The van der Waals surface area contributed by atoms with Crippen LogP contribution in [0, 0.1) is 5.41 Å². The molecule has 19 heavy (non-hydrogen) atoms. The molecule has 0 spiro atoms. The molecule has 1 atom stereocenters. The molecule has 0 aliphatic heterocycles. The first-order valence-electron chi connectivity index (χ1n) is 7.24. The summed E-state index contributed by atoms with van der Waals surface area (Å²) in [5, 5.41) is 3.02. The predicted octanol–water partition coefficient (Wildman–Crippen LogP) is 2.25. The average molecular weight is 293 g/mol. The molecule has 1 aliphatic rings. The highest BCUT2D eigenvalue weighted by atomic mass is 35.5. The van der Waals surface area contributed by atoms with Gasteiger partial charge in [0.2, 0.25) is 5.91 Å². The van der Waals surface area contributed by atoms with Crippen molar-refractivity contribution < 1.29 is 9.53 Å². The Bertz CT molecular complexity index is 258. The molecule has 1 unspecified atom stereocenters. The number of nitrogens with one attached hydrogen (secondary N) is 1. The fourth-order valence-corrected chi connectivity index (χ4v) is 2.47. The van der Waals surface area contributed by atoms with E-state index in [2.05, 4.69) is 5.32 Å². The van der Waals surface area contributed by atoms with Crippen LogP contribution in [-0.2, 0) is 9.53 Å². The number of rotatable bonds is 9. The fourth-order valence-electron chi connectivity index (χ4n) is 2.47. The lowest BCUT2D eigenvalue weighted by Crippen LogP contribution is -2.47. The third-order valence-electron chi connectivity index (χ3n) is 3.97. The predicted molar refractivity (Wildman–Crippen MR) is 80.5 cm³/mol. The van der Waals surface area contributed by atoms with Gasteiger partial charge in [0.15, 0.2) is 0 Å². The molecule has 0 heterocycles. The highest BCUT2D eigenvalue weighted by molar-refractivity contribution is 5.85. The van der Waals surface area contributed by atoms with E-state index in [-0.39, 0.29) is 29.8 Å². The molecule has 0 bridgehead atoms. The van der Waals surface area contributed by atoms with E-state index in [0.29, 0.717) is 0 Å². The zero-order valence-electron chi connectivity index (χ0n) is 12.2. The van der Waals surface area contributed by atoms with Gasteiger partial charge in [0.1, 0.15) is 0 Å². The van der Waals surface area contributed by atoms with Crippen LogP contribution in [0.4, 0.5) is 0 Å². The Morgan fingerprint density at radius 2 is 2.11 bits per heavy atom. The Kier molecular flexibility index (Phi) is 9.40. The van der Waals surface area contributed by atoms with Crippen molar-refractivity contribution in [3.63, 3.8) is 0 Å². The summed E-state index contributed by atoms with van der Waals surface area (Å²) >= 11 is 0. The summed E-state index contributed by atoms with van der Waals surface area (Å²) in [7, 11) is 0. The standard InChI is InChI=1S/C14H28N2O2.ClH/c1-3-6-12(15)13(17)16-11-14(7-5-8-14)9-10-18-4-2;/h12H,3-11,15H2,1-2H3,(H,16,17);1H. The summed E-state index contributed by atoms with van der Waals surface area (Å²) < 4.78 is 5.42. The van der Waals surface area contributed by atoms with Crippen molar-refractivity contribution >= 4 is 18.3 Å². The Morgan fingerprint density at radius 3 is 2.58 bits per heavy atom. The Labute approximate surface area is 123 Å². The molecule has 3 N–H and O–H groups in total. The van der Waals surface area contributed by atoms with Crippen LogP contribution in [0.3, 0.4) is 0 Å². The number of carbonyl (C=O) groups excluding carboxylic acids is 1. The number of carbonyl (C=O) groups is 1. The largest absolute Gasteiger partial charge is 0.382 e. The van der Waals surface area contributed by atoms with Crippen LogP contribution in [0.25, 0.3) is 0 Å². The second-order valence-corrected chi connectivity index (χ2v) is 5.41. The normalized spacial score (nSPS) is 18.1. The van der Waals surface area contributed by atoms with Crippen LogP contribution < -0.4 is 11.1 Å². The van der Waals surface area contributed by atoms with Gasteiger partial charge in [-0.2, -0.15) is 0 Å². The molecule has 1 rings (SSSR count). The molecular weight excluding hydrogens is 264 g/mol. The molecule has 1 saturated carbocycles. The first-order valence-corrected chi connectivity index (χ1v) is 7.24. The molecule has 0 radical (unpaired) electrons. The van der Waals surface area contributed by atoms with Crippen LogP contribution in [0.1, 0.15) is 52.4 Å². The van der Waals surface area contributed by atoms with Gasteiger partial charge in [-0.1, -0.05) is 19.8 Å². The highest BCUT2D eigenvalue weighted by Gasteiger charge is 2.36. The fraction of sp³-hybridized carbons (Fsp3) is 0.929. The molecule has 0 aromatic heterocycles. The van der Waals surface area contributed by atoms with Gasteiger partial charge in [-0.25, -0.2) is 0 Å². The Balaban J connectivity index is 0.00000324. The van der Waals surface area contributed by atoms with Gasteiger partial charge < -0.3 is 15.8 Å². The monoisotopic (exact) mass is 292 g/mol. The van der Waals surface area contributed by atoms with E-state index >= 15 is 0 Å². The van der Waals surface area contributed by atoms with Crippen LogP contribution in [0.15, 0.2) is 0 Å². The maximum Gasteiger partial charge on any atom is 0.236 e. The van der Waals surface area contributed by atoms with Crippen LogP contribution in [0.2, 0.25) is 0 Å². The van der Waals surface area contributed by atoms with Crippen LogP contribution >= 0.6 is 12.4 Å². The van der Waals surface area contributed by atoms with Gasteiger partial charge in [0.25, 0.3) is 0 Å². The van der Waals surface area contributed by atoms with E-state index in [9.17, 15) is 4.79 Å². The van der Waals surface area contributed by atoms with Crippen molar-refractivity contribution in [3.05, 3.63) is 0 Å². The maximum absolute atomic E-state index is 11.8. The minimum atomic E-state index is -0.348. The van der Waals surface area contributed by atoms with E-state index in [4.69, 9.17) is 10.5 Å². The Morgan fingerprint density at radius 1 is 1.42 bits per heavy atom. The Hall–Kier alpha value is -0.320. The van der Waals surface area contributed by atoms with Gasteiger partial charge in [-0.05, 0) is 38.0 Å². The molecular formula is C14H29ClN2O2. The van der Waals surface area contributed by atoms with E-state index in [0.717, 1.165) is 39.0 Å². The topological polar surface area (TPSA) is 64.4 Å². The number of hydrogen-bond donors (Lipinski definition) is 2. The number of nitrogens with two attached hydrogens (primary N) is 1. The van der Waals surface area contributed by atoms with Gasteiger partial charge in [0, 0.05) is 19.8 Å². The maximum atomic E-state index is 11.8. The number of halogens is 1. The van der Waals surface area contributed by atoms with Crippen molar-refractivity contribution in [2.75, 3.05) is 19.8 Å². The number of hydrogen-bond acceptors (Lipinski definition) is 3. The molecule has 114 valence electrons. The molecule has 5 heteroatoms. The SMILES string of the molecule is CCCC(N)C(=O)NCC1(CCOCC)CCC1.Cl. The van der Waals surface area contributed by atoms with Gasteiger partial charge in [-0.3, -0.25) is 4.79 Å². The van der Waals surface area contributed by atoms with Crippen molar-refractivity contribution in [2.24, 2.45) is 11.1 Å². The summed E-state index contributed by atoms with van der Waals surface area (Å²) in [6.45, 7) is 6.38. The molecule has 0 saturated heterocycles. The van der Waals surface area contributed by atoms with E-state index < -0.39 is 0 Å². The van der Waals surface area contributed by atoms with Crippen LogP contribution in [-0.4, -0.2) is 31.7 Å². The van der Waals surface area contributed by atoms with Crippen molar-refractivity contribution in [1.82, 2.24) is 5.32 Å². The van der Waals surface area contributed by atoms with E-state index in [1.807, 2.05) is 13.8 Å². The molecule has 1 aliphatic carbocycles. The van der Waals surface area contributed by atoms with Crippen molar-refractivity contribution in [2.45, 2.75) is 58.4 Å². The van der Waals surface area contributed by atoms with Crippen LogP contribution in [0.5, 0.6) is 0 Å². The van der Waals surface area contributed by atoms with Crippen molar-refractivity contribution in [1.29, 1.82) is 0 Å². The van der Waals surface area contributed by atoms with E-state index in [1.165, 1.54) is 19.3 Å². The zero-order valence-corrected chi connectivity index (χ0v) is 13.1.